The van der Waals surface area contributed by atoms with Gasteiger partial charge >= 0.3 is 5.69 Å². The summed E-state index contributed by atoms with van der Waals surface area (Å²) in [5.74, 6) is 1.01. The van der Waals surface area contributed by atoms with Crippen molar-refractivity contribution in [2.45, 2.75) is 46.5 Å². The van der Waals surface area contributed by atoms with Crippen molar-refractivity contribution >= 4 is 28.9 Å². The number of hydrogen-bond donors (Lipinski definition) is 0. The summed E-state index contributed by atoms with van der Waals surface area (Å²) in [5, 5.41) is 11.7. The number of nitrogens with zero attached hydrogens (tertiary/aromatic N) is 2. The molecule has 0 saturated carbocycles. The molecule has 0 spiro atoms. The minimum atomic E-state index is -0.475. The molecular weight excluding hydrogens is 440 g/mol. The van der Waals surface area contributed by atoms with Crippen LogP contribution in [-0.2, 0) is 5.41 Å². The van der Waals surface area contributed by atoms with Crippen molar-refractivity contribution in [1.82, 2.24) is 4.98 Å². The molecule has 6 nitrogen and oxygen atoms in total. The van der Waals surface area contributed by atoms with Crippen LogP contribution in [0.1, 0.15) is 58.1 Å². The molecule has 35 heavy (non-hydrogen) atoms. The van der Waals surface area contributed by atoms with Crippen LogP contribution in [-0.4, -0.2) is 9.91 Å². The SMILES string of the molecule is CC(C)(C)CC(C)(C)c1ccc(Oc2cc3nc(C=Cc4ccccc4)oc3cc2[N+](=O)[O-])cc1. The highest BCUT2D eigenvalue weighted by Gasteiger charge is 2.27. The van der Waals surface area contributed by atoms with Gasteiger partial charge in [-0.05, 0) is 46.6 Å². The first-order valence-electron chi connectivity index (χ1n) is 11.6. The van der Waals surface area contributed by atoms with Gasteiger partial charge in [-0.15, -0.1) is 0 Å². The van der Waals surface area contributed by atoms with Crippen LogP contribution in [0.2, 0.25) is 0 Å². The molecule has 0 aliphatic rings. The van der Waals surface area contributed by atoms with E-state index < -0.39 is 4.92 Å². The van der Waals surface area contributed by atoms with Crippen LogP contribution in [0.3, 0.4) is 0 Å². The first-order valence-corrected chi connectivity index (χ1v) is 11.6. The van der Waals surface area contributed by atoms with E-state index in [1.54, 1.807) is 12.1 Å². The Morgan fingerprint density at radius 2 is 1.66 bits per heavy atom. The Bertz CT molecular complexity index is 1360. The summed E-state index contributed by atoms with van der Waals surface area (Å²) in [4.78, 5) is 15.7. The van der Waals surface area contributed by atoms with E-state index in [0.717, 1.165) is 12.0 Å². The monoisotopic (exact) mass is 470 g/mol. The summed E-state index contributed by atoms with van der Waals surface area (Å²) < 4.78 is 11.7. The molecule has 0 radical (unpaired) electrons. The summed E-state index contributed by atoms with van der Waals surface area (Å²) in [6, 6.07) is 20.4. The minimum Gasteiger partial charge on any atom is -0.450 e. The lowest BCUT2D eigenvalue weighted by Gasteiger charge is -2.33. The summed E-state index contributed by atoms with van der Waals surface area (Å²) in [5.41, 5.74) is 3.02. The molecule has 0 N–H and O–H groups in total. The first-order chi connectivity index (χ1) is 16.5. The van der Waals surface area contributed by atoms with Crippen LogP contribution in [0.15, 0.2) is 71.1 Å². The number of hydrogen-bond acceptors (Lipinski definition) is 5. The van der Waals surface area contributed by atoms with Crippen LogP contribution in [0.5, 0.6) is 11.5 Å². The van der Waals surface area contributed by atoms with E-state index in [0.29, 0.717) is 22.7 Å². The lowest BCUT2D eigenvalue weighted by molar-refractivity contribution is -0.385. The van der Waals surface area contributed by atoms with Crippen molar-refractivity contribution < 1.29 is 14.1 Å². The average molecular weight is 471 g/mol. The van der Waals surface area contributed by atoms with Gasteiger partial charge < -0.3 is 9.15 Å². The lowest BCUT2D eigenvalue weighted by Crippen LogP contribution is -2.24. The van der Waals surface area contributed by atoms with E-state index in [9.17, 15) is 10.1 Å². The number of fused-ring (bicyclic) bond motifs is 1. The molecule has 0 fully saturated rings. The second kappa shape index (κ2) is 9.37. The van der Waals surface area contributed by atoms with Gasteiger partial charge in [-0.25, -0.2) is 4.98 Å². The van der Waals surface area contributed by atoms with E-state index >= 15 is 0 Å². The molecular formula is C29H30N2O4. The molecule has 0 amide bonds. The number of nitro benzene ring substituents is 1. The molecule has 0 saturated heterocycles. The molecule has 180 valence electrons. The van der Waals surface area contributed by atoms with Gasteiger partial charge in [0.25, 0.3) is 0 Å². The summed E-state index contributed by atoms with van der Waals surface area (Å²) in [7, 11) is 0. The predicted molar refractivity (Wildman–Crippen MR) is 140 cm³/mol. The molecule has 1 heterocycles. The van der Waals surface area contributed by atoms with Gasteiger partial charge in [0, 0.05) is 12.1 Å². The van der Waals surface area contributed by atoms with Gasteiger partial charge in [0.15, 0.2) is 5.58 Å². The molecule has 4 aromatic rings. The number of benzene rings is 3. The number of oxazole rings is 1. The zero-order valence-corrected chi connectivity index (χ0v) is 20.7. The third-order valence-electron chi connectivity index (χ3n) is 5.74. The highest BCUT2D eigenvalue weighted by atomic mass is 16.6. The quantitative estimate of drug-likeness (QED) is 0.200. The van der Waals surface area contributed by atoms with Crippen molar-refractivity contribution in [3.8, 4) is 11.5 Å². The van der Waals surface area contributed by atoms with Crippen LogP contribution >= 0.6 is 0 Å². The van der Waals surface area contributed by atoms with Gasteiger partial charge in [0.05, 0.1) is 11.0 Å². The molecule has 0 aliphatic heterocycles. The lowest BCUT2D eigenvalue weighted by atomic mass is 9.72. The van der Waals surface area contributed by atoms with Crippen molar-refractivity contribution in [3.05, 3.63) is 93.9 Å². The smallest absolute Gasteiger partial charge is 0.315 e. The Balaban J connectivity index is 1.60. The highest BCUT2D eigenvalue weighted by molar-refractivity contribution is 5.81. The van der Waals surface area contributed by atoms with Crippen molar-refractivity contribution in [2.75, 3.05) is 0 Å². The van der Waals surface area contributed by atoms with Gasteiger partial charge in [-0.2, -0.15) is 0 Å². The topological polar surface area (TPSA) is 78.4 Å². The highest BCUT2D eigenvalue weighted by Crippen LogP contribution is 2.39. The second-order valence-electron chi connectivity index (χ2n) is 10.6. The Labute approximate surface area is 205 Å². The Morgan fingerprint density at radius 1 is 0.971 bits per heavy atom. The molecule has 3 aromatic carbocycles. The van der Waals surface area contributed by atoms with Gasteiger partial charge in [0.2, 0.25) is 11.6 Å². The predicted octanol–water partition coefficient (Wildman–Crippen LogP) is 8.41. The summed E-state index contributed by atoms with van der Waals surface area (Å²) >= 11 is 0. The zero-order valence-electron chi connectivity index (χ0n) is 20.7. The standard InChI is InChI=1S/C29H30N2O4/c1-28(2,3)19-29(4,5)21-12-14-22(15-13-21)34-26-17-23-25(18-24(26)31(32)33)35-27(30-23)16-11-20-9-7-6-8-10-20/h6-18H,19H2,1-5H3. The normalized spacial score (nSPS) is 12.4. The third kappa shape index (κ3) is 5.96. The summed E-state index contributed by atoms with van der Waals surface area (Å²) in [6.45, 7) is 11.1. The number of nitro groups is 1. The van der Waals surface area contributed by atoms with E-state index in [1.165, 1.54) is 11.6 Å². The van der Waals surface area contributed by atoms with Gasteiger partial charge in [0.1, 0.15) is 11.3 Å². The maximum absolute atomic E-state index is 11.7. The van der Waals surface area contributed by atoms with Crippen LogP contribution in [0.4, 0.5) is 5.69 Å². The maximum atomic E-state index is 11.7. The Hall–Kier alpha value is -3.93. The molecule has 0 bridgehead atoms. The Kier molecular flexibility index (Phi) is 6.48. The largest absolute Gasteiger partial charge is 0.450 e. The molecule has 1 aromatic heterocycles. The Morgan fingerprint density at radius 3 is 2.29 bits per heavy atom. The maximum Gasteiger partial charge on any atom is 0.315 e. The molecule has 0 unspecified atom stereocenters. The van der Waals surface area contributed by atoms with Crippen LogP contribution in [0, 0.1) is 15.5 Å². The van der Waals surface area contributed by atoms with E-state index in [4.69, 9.17) is 9.15 Å². The van der Waals surface area contributed by atoms with Gasteiger partial charge in [-0.3, -0.25) is 10.1 Å². The first kappa shape index (κ1) is 24.2. The molecule has 6 heteroatoms. The minimum absolute atomic E-state index is 0.00787. The van der Waals surface area contributed by atoms with Crippen molar-refractivity contribution in [2.24, 2.45) is 5.41 Å². The molecule has 0 aliphatic carbocycles. The fourth-order valence-corrected chi connectivity index (χ4v) is 4.52. The zero-order chi connectivity index (χ0) is 25.2. The second-order valence-corrected chi connectivity index (χ2v) is 10.6. The fraction of sp³-hybridized carbons (Fsp3) is 0.276. The van der Waals surface area contributed by atoms with E-state index in [-0.39, 0.29) is 22.3 Å². The van der Waals surface area contributed by atoms with Crippen molar-refractivity contribution in [1.29, 1.82) is 0 Å². The number of ether oxygens (including phenoxy) is 1. The van der Waals surface area contributed by atoms with E-state index in [1.807, 2.05) is 60.7 Å². The molecule has 0 atom stereocenters. The van der Waals surface area contributed by atoms with Crippen molar-refractivity contribution in [3.63, 3.8) is 0 Å². The summed E-state index contributed by atoms with van der Waals surface area (Å²) in [6.07, 6.45) is 4.63. The van der Waals surface area contributed by atoms with Crippen LogP contribution in [0.25, 0.3) is 23.3 Å². The van der Waals surface area contributed by atoms with Gasteiger partial charge in [-0.1, -0.05) is 77.1 Å². The average Bonchev–Trinajstić information content (AvgIpc) is 3.18. The van der Waals surface area contributed by atoms with E-state index in [2.05, 4.69) is 39.6 Å². The fourth-order valence-electron chi connectivity index (χ4n) is 4.52. The number of rotatable bonds is 7. The molecule has 4 rings (SSSR count). The van der Waals surface area contributed by atoms with Crippen LogP contribution < -0.4 is 4.74 Å². The third-order valence-corrected chi connectivity index (χ3v) is 5.74. The number of aromatic nitrogens is 1.